The van der Waals surface area contributed by atoms with E-state index < -0.39 is 42.8 Å². The molecule has 12 nitrogen and oxygen atoms in total. The Kier molecular flexibility index (Phi) is 14.3. The molecule has 1 aliphatic rings. The number of nitrogens with zero attached hydrogens (tertiary/aromatic N) is 2. The second-order valence-corrected chi connectivity index (χ2v) is 7.49. The van der Waals surface area contributed by atoms with Crippen molar-refractivity contribution in [2.45, 2.75) is 70.5 Å². The first kappa shape index (κ1) is 30.6. The Morgan fingerprint density at radius 2 is 1.52 bits per heavy atom. The van der Waals surface area contributed by atoms with Crippen LogP contribution < -0.4 is 5.32 Å². The van der Waals surface area contributed by atoms with Gasteiger partial charge in [-0.05, 0) is 13.3 Å². The van der Waals surface area contributed by atoms with E-state index in [2.05, 4.69) is 5.32 Å². The molecule has 5 unspecified atom stereocenters. The van der Waals surface area contributed by atoms with Crippen molar-refractivity contribution in [3.8, 4) is 0 Å². The van der Waals surface area contributed by atoms with Crippen LogP contribution in [0.4, 0.5) is 0 Å². The molecule has 1 rings (SSSR count). The normalized spacial score (nSPS) is 17.5. The first-order chi connectivity index (χ1) is 15.5. The Morgan fingerprint density at radius 1 is 1.00 bits per heavy atom. The quantitative estimate of drug-likeness (QED) is 0.157. The molecule has 1 aliphatic heterocycles. The number of rotatable bonds is 13. The summed E-state index contributed by atoms with van der Waals surface area (Å²) < 4.78 is 0. The molecule has 0 bridgehead atoms. The molecule has 12 heteroatoms. The number of hydrogen-bond acceptors (Lipinski definition) is 9. The van der Waals surface area contributed by atoms with Gasteiger partial charge in [0.2, 0.25) is 11.8 Å². The molecule has 4 amide bonds. The molecule has 0 aromatic carbocycles. The van der Waals surface area contributed by atoms with E-state index in [1.807, 2.05) is 13.8 Å². The average Bonchev–Trinajstić information content (AvgIpc) is 3.12. The van der Waals surface area contributed by atoms with Crippen molar-refractivity contribution < 1.29 is 44.7 Å². The Hall–Kier alpha value is -2.38. The van der Waals surface area contributed by atoms with E-state index in [0.717, 1.165) is 22.0 Å². The second kappa shape index (κ2) is 15.5. The summed E-state index contributed by atoms with van der Waals surface area (Å²) in [5, 5.41) is 50.1. The minimum Gasteiger partial charge on any atom is -0.394 e. The van der Waals surface area contributed by atoms with Crippen LogP contribution in [0.1, 0.15) is 40.0 Å². The molecular formula is C21H37N3O9. The van der Waals surface area contributed by atoms with Crippen molar-refractivity contribution >= 4 is 23.6 Å². The summed E-state index contributed by atoms with van der Waals surface area (Å²) in [6.07, 6.45) is -4.21. The van der Waals surface area contributed by atoms with E-state index in [4.69, 9.17) is 5.11 Å². The molecule has 33 heavy (non-hydrogen) atoms. The zero-order valence-corrected chi connectivity index (χ0v) is 19.5. The first-order valence-corrected chi connectivity index (χ1v) is 10.9. The number of carbonyl (C=O) groups is 4. The number of likely N-dealkylation sites (N-methyl/N-ethyl adjacent to an activating group) is 1. The SMILES string of the molecule is CC.CC(CCC(=O)N(C)CC(O)C(O)C(O)C(O)CO)NC(=O)CCN1C(=O)C=CC1=O. The maximum atomic E-state index is 12.2. The van der Waals surface area contributed by atoms with Crippen molar-refractivity contribution in [1.82, 2.24) is 15.1 Å². The van der Waals surface area contributed by atoms with E-state index in [0.29, 0.717) is 0 Å². The van der Waals surface area contributed by atoms with Gasteiger partial charge in [-0.15, -0.1) is 0 Å². The molecular weight excluding hydrogens is 438 g/mol. The predicted octanol–water partition coefficient (Wildman–Crippen LogP) is -2.49. The Bertz CT molecular complexity index is 668. The van der Waals surface area contributed by atoms with Crippen molar-refractivity contribution in [2.75, 3.05) is 26.7 Å². The number of nitrogens with one attached hydrogen (secondary N) is 1. The van der Waals surface area contributed by atoms with Gasteiger partial charge in [0.05, 0.1) is 6.61 Å². The number of imide groups is 1. The van der Waals surface area contributed by atoms with Crippen LogP contribution in [0.5, 0.6) is 0 Å². The van der Waals surface area contributed by atoms with Crippen LogP contribution in [-0.4, -0.2) is 116 Å². The molecule has 0 saturated carbocycles. The van der Waals surface area contributed by atoms with Gasteiger partial charge >= 0.3 is 0 Å². The lowest BCUT2D eigenvalue weighted by Gasteiger charge is -2.28. The molecule has 0 aliphatic carbocycles. The fraction of sp³-hybridized carbons (Fsp3) is 0.714. The highest BCUT2D eigenvalue weighted by Gasteiger charge is 2.31. The molecule has 0 aromatic heterocycles. The van der Waals surface area contributed by atoms with Crippen LogP contribution in [0.3, 0.4) is 0 Å². The lowest BCUT2D eigenvalue weighted by atomic mass is 10.0. The van der Waals surface area contributed by atoms with E-state index in [9.17, 15) is 39.6 Å². The number of carbonyl (C=O) groups excluding carboxylic acids is 4. The zero-order valence-electron chi connectivity index (χ0n) is 19.5. The highest BCUT2D eigenvalue weighted by Crippen LogP contribution is 2.09. The third-order valence-electron chi connectivity index (χ3n) is 4.87. The van der Waals surface area contributed by atoms with Crippen LogP contribution in [0.25, 0.3) is 0 Å². The molecule has 0 saturated heterocycles. The molecule has 1 heterocycles. The van der Waals surface area contributed by atoms with Gasteiger partial charge < -0.3 is 35.7 Å². The van der Waals surface area contributed by atoms with E-state index in [1.54, 1.807) is 6.92 Å². The van der Waals surface area contributed by atoms with Gasteiger partial charge in [0.1, 0.15) is 24.4 Å². The van der Waals surface area contributed by atoms with Crippen molar-refractivity contribution in [3.63, 3.8) is 0 Å². The third kappa shape index (κ3) is 10.4. The second-order valence-electron chi connectivity index (χ2n) is 7.49. The maximum Gasteiger partial charge on any atom is 0.253 e. The molecule has 0 radical (unpaired) electrons. The Labute approximate surface area is 193 Å². The first-order valence-electron chi connectivity index (χ1n) is 10.9. The Morgan fingerprint density at radius 3 is 2.03 bits per heavy atom. The van der Waals surface area contributed by atoms with Gasteiger partial charge in [-0.2, -0.15) is 0 Å². The van der Waals surface area contributed by atoms with Crippen LogP contribution >= 0.6 is 0 Å². The van der Waals surface area contributed by atoms with Crippen molar-refractivity contribution in [2.24, 2.45) is 0 Å². The molecule has 0 aromatic rings. The lowest BCUT2D eigenvalue weighted by molar-refractivity contribution is -0.139. The fourth-order valence-corrected chi connectivity index (χ4v) is 2.87. The predicted molar refractivity (Wildman–Crippen MR) is 117 cm³/mol. The minimum atomic E-state index is -1.78. The standard InChI is InChI=1S/C19H31N3O9.C2H6/c1-11(20-14(26)7-8-22-16(28)5-6-17(22)29)3-4-15(27)21(2)9-12(24)18(30)19(31)13(25)10-23;1-2/h5-6,11-13,18-19,23-25,30-31H,3-4,7-10H2,1-2H3,(H,20,26);1-2H3. The summed E-state index contributed by atoms with van der Waals surface area (Å²) >= 11 is 0. The van der Waals surface area contributed by atoms with Crippen LogP contribution in [0.15, 0.2) is 12.2 Å². The molecule has 0 fully saturated rings. The van der Waals surface area contributed by atoms with Crippen molar-refractivity contribution in [3.05, 3.63) is 12.2 Å². The number of aliphatic hydroxyl groups excluding tert-OH is 5. The van der Waals surface area contributed by atoms with Gasteiger partial charge in [-0.25, -0.2) is 0 Å². The summed E-state index contributed by atoms with van der Waals surface area (Å²) in [4.78, 5) is 49.1. The molecule has 0 spiro atoms. The number of aliphatic hydroxyl groups is 5. The minimum absolute atomic E-state index is 0.0234. The highest BCUT2D eigenvalue weighted by molar-refractivity contribution is 6.13. The van der Waals surface area contributed by atoms with Crippen LogP contribution in [0.2, 0.25) is 0 Å². The molecule has 5 atom stereocenters. The van der Waals surface area contributed by atoms with Crippen LogP contribution in [-0.2, 0) is 19.2 Å². The number of hydrogen-bond donors (Lipinski definition) is 6. The van der Waals surface area contributed by atoms with Crippen LogP contribution in [0, 0.1) is 0 Å². The highest BCUT2D eigenvalue weighted by atomic mass is 16.4. The van der Waals surface area contributed by atoms with E-state index >= 15 is 0 Å². The monoisotopic (exact) mass is 475 g/mol. The summed E-state index contributed by atoms with van der Waals surface area (Å²) in [7, 11) is 1.38. The van der Waals surface area contributed by atoms with Crippen molar-refractivity contribution in [1.29, 1.82) is 0 Å². The maximum absolute atomic E-state index is 12.2. The number of amides is 4. The van der Waals surface area contributed by atoms with E-state index in [-0.39, 0.29) is 50.2 Å². The third-order valence-corrected chi connectivity index (χ3v) is 4.87. The Balaban J connectivity index is 0.00000497. The van der Waals surface area contributed by atoms with Gasteiger partial charge in [0, 0.05) is 51.2 Å². The summed E-state index contributed by atoms with van der Waals surface area (Å²) in [5.41, 5.74) is 0. The fourth-order valence-electron chi connectivity index (χ4n) is 2.87. The topological polar surface area (TPSA) is 188 Å². The average molecular weight is 476 g/mol. The van der Waals surface area contributed by atoms with E-state index in [1.165, 1.54) is 7.05 Å². The molecule has 6 N–H and O–H groups in total. The smallest absolute Gasteiger partial charge is 0.253 e. The molecule has 190 valence electrons. The summed E-state index contributed by atoms with van der Waals surface area (Å²) in [6.45, 7) is 4.53. The van der Waals surface area contributed by atoms with Gasteiger partial charge in [0.25, 0.3) is 11.8 Å². The van der Waals surface area contributed by atoms with Gasteiger partial charge in [0.15, 0.2) is 0 Å². The zero-order chi connectivity index (χ0) is 25.7. The summed E-state index contributed by atoms with van der Waals surface area (Å²) in [5.74, 6) is -1.70. The summed E-state index contributed by atoms with van der Waals surface area (Å²) in [6, 6.07) is -0.370. The largest absolute Gasteiger partial charge is 0.394 e. The van der Waals surface area contributed by atoms with Gasteiger partial charge in [-0.1, -0.05) is 13.8 Å². The van der Waals surface area contributed by atoms with Gasteiger partial charge in [-0.3, -0.25) is 24.1 Å². The lowest BCUT2D eigenvalue weighted by Crippen LogP contribution is -2.50.